The molecule has 5 nitrogen and oxygen atoms in total. The Morgan fingerprint density at radius 2 is 2.08 bits per heavy atom. The van der Waals surface area contributed by atoms with Crippen LogP contribution in [0.15, 0.2) is 6.20 Å². The van der Waals surface area contributed by atoms with E-state index in [9.17, 15) is 0 Å². The van der Waals surface area contributed by atoms with Gasteiger partial charge in [0.2, 0.25) is 0 Å². The Hall–Kier alpha value is -1.78. The molecule has 2 heterocycles. The highest BCUT2D eigenvalue weighted by atomic mass is 15.3. The van der Waals surface area contributed by atoms with Crippen LogP contribution in [-0.2, 0) is 7.05 Å². The quantitative estimate of drug-likeness (QED) is 0.611. The average molecular weight is 177 g/mol. The van der Waals surface area contributed by atoms with Gasteiger partial charge in [0, 0.05) is 7.05 Å². The predicted octanol–water partition coefficient (Wildman–Crippen LogP) is 0.441. The highest BCUT2D eigenvalue weighted by molar-refractivity contribution is 5.95. The van der Waals surface area contributed by atoms with Gasteiger partial charge in [0.25, 0.3) is 0 Å². The van der Waals surface area contributed by atoms with E-state index in [1.807, 2.05) is 14.0 Å². The Bertz CT molecular complexity index is 471. The van der Waals surface area contributed by atoms with Gasteiger partial charge >= 0.3 is 0 Å². The fourth-order valence-electron chi connectivity index (χ4n) is 1.45. The van der Waals surface area contributed by atoms with Crippen molar-refractivity contribution in [3.8, 4) is 0 Å². The number of rotatable bonds is 0. The van der Waals surface area contributed by atoms with E-state index in [0.29, 0.717) is 11.4 Å². The first-order valence-corrected chi connectivity index (χ1v) is 3.94. The first kappa shape index (κ1) is 7.85. The summed E-state index contributed by atoms with van der Waals surface area (Å²) in [5.74, 6) is 0. The van der Waals surface area contributed by atoms with Crippen molar-refractivity contribution in [2.75, 3.05) is 11.5 Å². The van der Waals surface area contributed by atoms with E-state index in [-0.39, 0.29) is 0 Å². The number of nitrogens with two attached hydrogens (primary N) is 2. The maximum atomic E-state index is 5.81. The van der Waals surface area contributed by atoms with Crippen LogP contribution in [0, 0.1) is 6.92 Å². The van der Waals surface area contributed by atoms with Crippen molar-refractivity contribution in [3.05, 3.63) is 11.9 Å². The van der Waals surface area contributed by atoms with Gasteiger partial charge in [-0.3, -0.25) is 4.68 Å². The Morgan fingerprint density at radius 3 is 2.77 bits per heavy atom. The molecule has 2 rings (SSSR count). The lowest BCUT2D eigenvalue weighted by Gasteiger charge is -2.00. The minimum Gasteiger partial charge on any atom is -0.396 e. The molecular weight excluding hydrogens is 166 g/mol. The number of hydrogen-bond donors (Lipinski definition) is 2. The second-order valence-electron chi connectivity index (χ2n) is 3.03. The van der Waals surface area contributed by atoms with Crippen molar-refractivity contribution >= 4 is 22.4 Å². The second kappa shape index (κ2) is 2.35. The van der Waals surface area contributed by atoms with Crippen LogP contribution < -0.4 is 11.5 Å². The van der Waals surface area contributed by atoms with Crippen LogP contribution >= 0.6 is 0 Å². The number of pyridine rings is 1. The van der Waals surface area contributed by atoms with Crippen molar-refractivity contribution < 1.29 is 0 Å². The fraction of sp³-hybridized carbons (Fsp3) is 0.250. The maximum Gasteiger partial charge on any atom is 0.159 e. The van der Waals surface area contributed by atoms with Gasteiger partial charge in [0.05, 0.1) is 28.7 Å². The lowest BCUT2D eigenvalue weighted by Crippen LogP contribution is -1.98. The van der Waals surface area contributed by atoms with Gasteiger partial charge in [0.1, 0.15) is 0 Å². The lowest BCUT2D eigenvalue weighted by molar-refractivity contribution is 0.774. The molecule has 5 heteroatoms. The molecule has 0 atom stereocenters. The number of fused-ring (bicyclic) bond motifs is 1. The van der Waals surface area contributed by atoms with Crippen molar-refractivity contribution in [1.82, 2.24) is 14.8 Å². The predicted molar refractivity (Wildman–Crippen MR) is 52.1 cm³/mol. The minimum atomic E-state index is 0.503. The lowest BCUT2D eigenvalue weighted by atomic mass is 10.2. The molecule has 0 fully saturated rings. The van der Waals surface area contributed by atoms with Crippen LogP contribution in [0.2, 0.25) is 0 Å². The summed E-state index contributed by atoms with van der Waals surface area (Å²) < 4.78 is 1.69. The molecule has 0 saturated carbocycles. The topological polar surface area (TPSA) is 82.8 Å². The zero-order chi connectivity index (χ0) is 9.59. The summed E-state index contributed by atoms with van der Waals surface area (Å²) >= 11 is 0. The van der Waals surface area contributed by atoms with E-state index in [0.717, 1.165) is 16.7 Å². The van der Waals surface area contributed by atoms with E-state index < -0.39 is 0 Å². The molecule has 68 valence electrons. The van der Waals surface area contributed by atoms with Gasteiger partial charge in [-0.25, -0.2) is 4.98 Å². The van der Waals surface area contributed by atoms with E-state index in [1.54, 1.807) is 10.9 Å². The number of anilines is 2. The van der Waals surface area contributed by atoms with Gasteiger partial charge < -0.3 is 11.5 Å². The highest BCUT2D eigenvalue weighted by Gasteiger charge is 2.10. The Kier molecular flexibility index (Phi) is 1.42. The van der Waals surface area contributed by atoms with E-state index in [1.165, 1.54) is 0 Å². The van der Waals surface area contributed by atoms with E-state index >= 15 is 0 Å². The molecular formula is C8H11N5. The average Bonchev–Trinajstić information content (AvgIpc) is 2.35. The summed E-state index contributed by atoms with van der Waals surface area (Å²) in [5.41, 5.74) is 14.1. The Morgan fingerprint density at radius 1 is 1.38 bits per heavy atom. The molecule has 0 aliphatic rings. The van der Waals surface area contributed by atoms with Crippen molar-refractivity contribution in [1.29, 1.82) is 0 Å². The van der Waals surface area contributed by atoms with Gasteiger partial charge in [-0.05, 0) is 6.92 Å². The van der Waals surface area contributed by atoms with Gasteiger partial charge in [0.15, 0.2) is 5.65 Å². The molecule has 0 amide bonds. The first-order valence-electron chi connectivity index (χ1n) is 3.94. The third-order valence-electron chi connectivity index (χ3n) is 2.10. The second-order valence-corrected chi connectivity index (χ2v) is 3.03. The molecule has 2 aromatic rings. The van der Waals surface area contributed by atoms with Gasteiger partial charge in [-0.15, -0.1) is 0 Å². The van der Waals surface area contributed by atoms with E-state index in [2.05, 4.69) is 10.1 Å². The van der Waals surface area contributed by atoms with Crippen molar-refractivity contribution in [2.45, 2.75) is 6.92 Å². The third-order valence-corrected chi connectivity index (χ3v) is 2.10. The van der Waals surface area contributed by atoms with Crippen LogP contribution in [0.5, 0.6) is 0 Å². The van der Waals surface area contributed by atoms with Crippen LogP contribution in [0.3, 0.4) is 0 Å². The Balaban J connectivity index is 2.98. The monoisotopic (exact) mass is 177 g/mol. The summed E-state index contributed by atoms with van der Waals surface area (Å²) in [6.45, 7) is 1.89. The standard InChI is InChI=1S/C8H11N5/c1-4-6-7(10)5(9)3-11-8(6)13(2)12-4/h3H,9H2,1-2H3,(H2,10,11). The molecule has 0 radical (unpaired) electrons. The summed E-state index contributed by atoms with van der Waals surface area (Å²) in [6, 6.07) is 0. The number of aromatic nitrogens is 3. The normalized spacial score (nSPS) is 10.9. The molecule has 4 N–H and O–H groups in total. The Labute approximate surface area is 75.3 Å². The maximum absolute atomic E-state index is 5.81. The molecule has 0 aromatic carbocycles. The fourth-order valence-corrected chi connectivity index (χ4v) is 1.45. The smallest absolute Gasteiger partial charge is 0.159 e. The van der Waals surface area contributed by atoms with E-state index in [4.69, 9.17) is 11.5 Å². The third kappa shape index (κ3) is 0.932. The SMILES string of the molecule is Cc1nn(C)c2ncc(N)c(N)c12. The summed E-state index contributed by atoms with van der Waals surface area (Å²) in [5, 5.41) is 5.06. The molecule has 0 bridgehead atoms. The number of nitrogens with zero attached hydrogens (tertiary/aromatic N) is 3. The molecule has 13 heavy (non-hydrogen) atoms. The molecule has 0 aliphatic carbocycles. The number of nitrogen functional groups attached to an aromatic ring is 2. The van der Waals surface area contributed by atoms with Gasteiger partial charge in [-0.1, -0.05) is 0 Å². The number of aryl methyl sites for hydroxylation is 2. The zero-order valence-corrected chi connectivity index (χ0v) is 7.57. The largest absolute Gasteiger partial charge is 0.396 e. The molecule has 0 saturated heterocycles. The molecule has 0 spiro atoms. The molecule has 0 aliphatic heterocycles. The van der Waals surface area contributed by atoms with Gasteiger partial charge in [-0.2, -0.15) is 5.10 Å². The molecule has 2 aromatic heterocycles. The highest BCUT2D eigenvalue weighted by Crippen LogP contribution is 2.26. The van der Waals surface area contributed by atoms with Crippen LogP contribution in [0.1, 0.15) is 5.69 Å². The zero-order valence-electron chi connectivity index (χ0n) is 7.57. The summed E-state index contributed by atoms with van der Waals surface area (Å²) in [6.07, 6.45) is 1.55. The first-order chi connectivity index (χ1) is 6.11. The van der Waals surface area contributed by atoms with Crippen LogP contribution in [0.4, 0.5) is 11.4 Å². The number of hydrogen-bond acceptors (Lipinski definition) is 4. The molecule has 0 unspecified atom stereocenters. The summed E-state index contributed by atoms with van der Waals surface area (Å²) in [7, 11) is 1.83. The minimum absolute atomic E-state index is 0.503. The van der Waals surface area contributed by atoms with Crippen LogP contribution in [0.25, 0.3) is 11.0 Å². The van der Waals surface area contributed by atoms with Crippen molar-refractivity contribution in [3.63, 3.8) is 0 Å². The summed E-state index contributed by atoms with van der Waals surface area (Å²) in [4.78, 5) is 4.16. The van der Waals surface area contributed by atoms with Crippen LogP contribution in [-0.4, -0.2) is 14.8 Å². The van der Waals surface area contributed by atoms with Crippen molar-refractivity contribution in [2.24, 2.45) is 7.05 Å².